The van der Waals surface area contributed by atoms with E-state index in [4.69, 9.17) is 11.6 Å². The van der Waals surface area contributed by atoms with E-state index in [1.54, 1.807) is 6.20 Å². The van der Waals surface area contributed by atoms with E-state index < -0.39 is 0 Å². The first-order valence-corrected chi connectivity index (χ1v) is 9.52. The molecule has 1 fully saturated rings. The zero-order chi connectivity index (χ0) is 17.6. The summed E-state index contributed by atoms with van der Waals surface area (Å²) in [4.78, 5) is 2.57. The van der Waals surface area contributed by atoms with E-state index >= 15 is 0 Å². The zero-order valence-corrected chi connectivity index (χ0v) is 15.3. The predicted molar refractivity (Wildman–Crippen MR) is 104 cm³/mol. The van der Waals surface area contributed by atoms with Crippen molar-refractivity contribution in [2.75, 3.05) is 13.1 Å². The lowest BCUT2D eigenvalue weighted by atomic mass is 9.68. The molecular weight excluding hydrogens is 342 g/mol. The fourth-order valence-electron chi connectivity index (χ4n) is 4.62. The molecule has 3 nitrogen and oxygen atoms in total. The molecule has 3 aliphatic rings. The fraction of sp³-hybridized carbons (Fsp3) is 0.273. The maximum absolute atomic E-state index is 6.15. The Kier molecular flexibility index (Phi) is 3.80. The molecule has 1 aromatic heterocycles. The van der Waals surface area contributed by atoms with Gasteiger partial charge in [-0.1, -0.05) is 35.9 Å². The van der Waals surface area contributed by atoms with Crippen molar-refractivity contribution in [3.63, 3.8) is 0 Å². The maximum Gasteiger partial charge on any atom is 0.0929 e. The molecule has 2 bridgehead atoms. The normalized spacial score (nSPS) is 24.1. The Morgan fingerprint density at radius 1 is 0.962 bits per heavy atom. The van der Waals surface area contributed by atoms with Crippen LogP contribution in [-0.4, -0.2) is 28.2 Å². The summed E-state index contributed by atoms with van der Waals surface area (Å²) in [5, 5.41) is 9.11. The first-order chi connectivity index (χ1) is 12.7. The number of nitrogens with zero attached hydrogens (tertiary/aromatic N) is 3. The quantitative estimate of drug-likeness (QED) is 0.663. The van der Waals surface area contributed by atoms with Crippen LogP contribution in [0.25, 0.3) is 11.3 Å². The van der Waals surface area contributed by atoms with Crippen molar-refractivity contribution in [3.8, 4) is 11.3 Å². The SMILES string of the molecule is Clc1ccc(C23CCN(CC2)Cc2cc(-c4cccnn4)ccc23)cc1. The third kappa shape index (κ3) is 2.54. The topological polar surface area (TPSA) is 29.0 Å². The summed E-state index contributed by atoms with van der Waals surface area (Å²) in [5.74, 6) is 0. The average Bonchev–Trinajstić information content (AvgIpc) is 2.95. The van der Waals surface area contributed by atoms with Gasteiger partial charge in [0.2, 0.25) is 0 Å². The first kappa shape index (κ1) is 16.0. The lowest BCUT2D eigenvalue weighted by Crippen LogP contribution is -2.39. The minimum atomic E-state index is 0.0911. The van der Waals surface area contributed by atoms with Gasteiger partial charge in [-0.05, 0) is 73.0 Å². The van der Waals surface area contributed by atoms with Gasteiger partial charge < -0.3 is 0 Å². The number of halogens is 1. The highest BCUT2D eigenvalue weighted by molar-refractivity contribution is 6.30. The highest BCUT2D eigenvalue weighted by atomic mass is 35.5. The molecule has 26 heavy (non-hydrogen) atoms. The van der Waals surface area contributed by atoms with Gasteiger partial charge in [0.05, 0.1) is 5.69 Å². The Hall–Kier alpha value is -2.23. The number of fused-ring (bicyclic) bond motifs is 2. The summed E-state index contributed by atoms with van der Waals surface area (Å²) < 4.78 is 0. The largest absolute Gasteiger partial charge is 0.299 e. The number of rotatable bonds is 2. The van der Waals surface area contributed by atoms with Crippen LogP contribution in [0.2, 0.25) is 5.02 Å². The van der Waals surface area contributed by atoms with Gasteiger partial charge in [0.25, 0.3) is 0 Å². The van der Waals surface area contributed by atoms with Gasteiger partial charge >= 0.3 is 0 Å². The van der Waals surface area contributed by atoms with Crippen LogP contribution in [0.15, 0.2) is 60.8 Å². The third-order valence-corrected chi connectivity index (χ3v) is 6.24. The van der Waals surface area contributed by atoms with Crippen molar-refractivity contribution in [3.05, 3.63) is 82.5 Å². The van der Waals surface area contributed by atoms with Crippen molar-refractivity contribution in [2.24, 2.45) is 0 Å². The summed E-state index contributed by atoms with van der Waals surface area (Å²) in [6, 6.07) is 19.3. The van der Waals surface area contributed by atoms with E-state index in [0.29, 0.717) is 0 Å². The molecular formula is C22H20ClN3. The Morgan fingerprint density at radius 2 is 1.77 bits per heavy atom. The van der Waals surface area contributed by atoms with E-state index in [9.17, 15) is 0 Å². The first-order valence-electron chi connectivity index (χ1n) is 9.14. The molecule has 0 unspecified atom stereocenters. The number of hydrogen-bond acceptors (Lipinski definition) is 3. The molecule has 0 aliphatic carbocycles. The number of aromatic nitrogens is 2. The second-order valence-corrected chi connectivity index (χ2v) is 7.78. The van der Waals surface area contributed by atoms with Crippen LogP contribution >= 0.6 is 11.6 Å². The van der Waals surface area contributed by atoms with E-state index in [1.807, 2.05) is 24.3 Å². The van der Waals surface area contributed by atoms with Crippen LogP contribution in [0.4, 0.5) is 0 Å². The lowest BCUT2D eigenvalue weighted by molar-refractivity contribution is 0.190. The van der Waals surface area contributed by atoms with Crippen molar-refractivity contribution in [1.82, 2.24) is 15.1 Å². The molecule has 0 saturated carbocycles. The molecule has 0 N–H and O–H groups in total. The minimum Gasteiger partial charge on any atom is -0.299 e. The van der Waals surface area contributed by atoms with Gasteiger partial charge in [0.15, 0.2) is 0 Å². The number of piperidine rings is 1. The van der Waals surface area contributed by atoms with Crippen LogP contribution in [-0.2, 0) is 12.0 Å². The van der Waals surface area contributed by atoms with E-state index in [2.05, 4.69) is 45.4 Å². The third-order valence-electron chi connectivity index (χ3n) is 5.99. The zero-order valence-electron chi connectivity index (χ0n) is 14.5. The predicted octanol–water partition coefficient (Wildman–Crippen LogP) is 4.69. The number of hydrogen-bond donors (Lipinski definition) is 0. The molecule has 0 spiro atoms. The van der Waals surface area contributed by atoms with Crippen LogP contribution < -0.4 is 0 Å². The monoisotopic (exact) mass is 361 g/mol. The molecule has 2 aromatic carbocycles. The summed E-state index contributed by atoms with van der Waals surface area (Å²) >= 11 is 6.15. The van der Waals surface area contributed by atoms with Gasteiger partial charge in [-0.25, -0.2) is 0 Å². The van der Waals surface area contributed by atoms with Gasteiger partial charge in [-0.15, -0.1) is 0 Å². The Labute approximate surface area is 158 Å². The molecule has 4 heteroatoms. The van der Waals surface area contributed by atoms with Gasteiger partial charge in [0.1, 0.15) is 0 Å². The average molecular weight is 362 g/mol. The summed E-state index contributed by atoms with van der Waals surface area (Å²) in [6.45, 7) is 3.29. The fourth-order valence-corrected chi connectivity index (χ4v) is 4.75. The van der Waals surface area contributed by atoms with E-state index in [0.717, 1.165) is 48.8 Å². The standard InChI is InChI=1S/C22H20ClN3/c23-19-6-4-18(5-7-19)22-9-12-26(13-10-22)15-17-14-16(3-8-20(17)22)21-2-1-11-24-25-21/h1-8,11,14H,9-10,12-13,15H2. The minimum absolute atomic E-state index is 0.0911. The van der Waals surface area contributed by atoms with Crippen molar-refractivity contribution < 1.29 is 0 Å². The van der Waals surface area contributed by atoms with Crippen LogP contribution in [0.5, 0.6) is 0 Å². The Bertz CT molecular complexity index is 929. The summed E-state index contributed by atoms with van der Waals surface area (Å²) in [5.41, 5.74) is 6.43. The Balaban J connectivity index is 1.66. The summed E-state index contributed by atoms with van der Waals surface area (Å²) in [6.07, 6.45) is 4.03. The van der Waals surface area contributed by atoms with Gasteiger partial charge in [-0.3, -0.25) is 4.90 Å². The highest BCUT2D eigenvalue weighted by Crippen LogP contribution is 2.47. The van der Waals surface area contributed by atoms with Crippen LogP contribution in [0.1, 0.15) is 29.5 Å². The molecule has 4 heterocycles. The highest BCUT2D eigenvalue weighted by Gasteiger charge is 2.42. The van der Waals surface area contributed by atoms with Gasteiger partial charge in [-0.2, -0.15) is 10.2 Å². The molecule has 0 amide bonds. The number of benzene rings is 2. The van der Waals surface area contributed by atoms with Gasteiger partial charge in [0, 0.05) is 28.7 Å². The lowest BCUT2D eigenvalue weighted by Gasteiger charge is -2.39. The van der Waals surface area contributed by atoms with Crippen molar-refractivity contribution in [1.29, 1.82) is 0 Å². The molecule has 0 radical (unpaired) electrons. The van der Waals surface area contributed by atoms with Crippen molar-refractivity contribution >= 4 is 11.6 Å². The van der Waals surface area contributed by atoms with E-state index in [-0.39, 0.29) is 5.41 Å². The molecule has 3 aromatic rings. The van der Waals surface area contributed by atoms with Crippen LogP contribution in [0, 0.1) is 0 Å². The second kappa shape index (κ2) is 6.19. The maximum atomic E-state index is 6.15. The second-order valence-electron chi connectivity index (χ2n) is 7.35. The van der Waals surface area contributed by atoms with E-state index in [1.165, 1.54) is 16.7 Å². The molecule has 6 rings (SSSR count). The van der Waals surface area contributed by atoms with Crippen LogP contribution in [0.3, 0.4) is 0 Å². The molecule has 1 saturated heterocycles. The molecule has 3 aliphatic heterocycles. The summed E-state index contributed by atoms with van der Waals surface area (Å²) in [7, 11) is 0. The Morgan fingerprint density at radius 3 is 2.50 bits per heavy atom. The smallest absolute Gasteiger partial charge is 0.0929 e. The molecule has 0 atom stereocenters. The van der Waals surface area contributed by atoms with Crippen molar-refractivity contribution in [2.45, 2.75) is 24.8 Å². The molecule has 130 valence electrons.